The van der Waals surface area contributed by atoms with Crippen molar-refractivity contribution in [2.75, 3.05) is 6.61 Å². The fourth-order valence-corrected chi connectivity index (χ4v) is 2.96. The number of benzene rings is 1. The fourth-order valence-electron chi connectivity index (χ4n) is 2.03. The van der Waals surface area contributed by atoms with E-state index in [0.717, 1.165) is 5.56 Å². The highest BCUT2D eigenvalue weighted by molar-refractivity contribution is 7.90. The minimum absolute atomic E-state index is 0.167. The first-order valence-corrected chi connectivity index (χ1v) is 7.73. The van der Waals surface area contributed by atoms with Gasteiger partial charge in [-0.3, -0.25) is 0 Å². The van der Waals surface area contributed by atoms with Crippen molar-refractivity contribution in [3.05, 3.63) is 35.9 Å². The Morgan fingerprint density at radius 3 is 2.56 bits per heavy atom. The molecular weight excluding hydrogens is 250 g/mol. The minimum atomic E-state index is -3.25. The van der Waals surface area contributed by atoms with Gasteiger partial charge < -0.3 is 4.74 Å². The molecule has 0 aliphatic carbocycles. The van der Waals surface area contributed by atoms with E-state index < -0.39 is 15.3 Å². The SMILES string of the molecule is CC(C)S(=O)(=O)N[C@H]1CCO[C@H]1c1ccccc1. The molecular formula is C13H19NO3S. The quantitative estimate of drug-likeness (QED) is 0.907. The number of rotatable bonds is 4. The lowest BCUT2D eigenvalue weighted by molar-refractivity contribution is 0.102. The van der Waals surface area contributed by atoms with Crippen LogP contribution in [0.15, 0.2) is 30.3 Å². The average Bonchev–Trinajstić information content (AvgIpc) is 2.77. The lowest BCUT2D eigenvalue weighted by Crippen LogP contribution is -2.40. The van der Waals surface area contributed by atoms with Crippen molar-refractivity contribution >= 4 is 10.0 Å². The van der Waals surface area contributed by atoms with Crippen LogP contribution in [0.4, 0.5) is 0 Å². The molecule has 1 aromatic rings. The monoisotopic (exact) mass is 269 g/mol. The molecule has 2 rings (SSSR count). The molecule has 1 fully saturated rings. The first kappa shape index (κ1) is 13.5. The molecule has 1 N–H and O–H groups in total. The highest BCUT2D eigenvalue weighted by Crippen LogP contribution is 2.29. The van der Waals surface area contributed by atoms with Crippen LogP contribution in [0.1, 0.15) is 31.9 Å². The van der Waals surface area contributed by atoms with Crippen LogP contribution < -0.4 is 4.72 Å². The zero-order valence-corrected chi connectivity index (χ0v) is 11.5. The summed E-state index contributed by atoms with van der Waals surface area (Å²) in [6.45, 7) is 3.94. The molecule has 0 saturated carbocycles. The summed E-state index contributed by atoms with van der Waals surface area (Å²) >= 11 is 0. The molecule has 0 spiro atoms. The Labute approximate surface area is 108 Å². The molecule has 4 nitrogen and oxygen atoms in total. The summed E-state index contributed by atoms with van der Waals surface area (Å²) in [5.41, 5.74) is 1.02. The van der Waals surface area contributed by atoms with E-state index in [4.69, 9.17) is 4.74 Å². The summed E-state index contributed by atoms with van der Waals surface area (Å²) in [6, 6.07) is 9.57. The zero-order chi connectivity index (χ0) is 13.2. The van der Waals surface area contributed by atoms with Crippen molar-refractivity contribution in [1.82, 2.24) is 4.72 Å². The second kappa shape index (κ2) is 5.38. The average molecular weight is 269 g/mol. The van der Waals surface area contributed by atoms with Gasteiger partial charge in [-0.05, 0) is 25.8 Å². The lowest BCUT2D eigenvalue weighted by Gasteiger charge is -2.21. The van der Waals surface area contributed by atoms with Crippen LogP contribution in [0.3, 0.4) is 0 Å². The van der Waals surface area contributed by atoms with Crippen molar-refractivity contribution in [1.29, 1.82) is 0 Å². The van der Waals surface area contributed by atoms with Gasteiger partial charge in [0.15, 0.2) is 0 Å². The molecule has 0 radical (unpaired) electrons. The highest BCUT2D eigenvalue weighted by atomic mass is 32.2. The van der Waals surface area contributed by atoms with Crippen molar-refractivity contribution < 1.29 is 13.2 Å². The van der Waals surface area contributed by atoms with Gasteiger partial charge in [0, 0.05) is 6.61 Å². The number of ether oxygens (including phenoxy) is 1. The molecule has 1 heterocycles. The third kappa shape index (κ3) is 2.91. The summed E-state index contributed by atoms with van der Waals surface area (Å²) in [7, 11) is -3.25. The van der Waals surface area contributed by atoms with Crippen LogP contribution in [0.25, 0.3) is 0 Å². The zero-order valence-electron chi connectivity index (χ0n) is 10.7. The topological polar surface area (TPSA) is 55.4 Å². The Morgan fingerprint density at radius 1 is 1.28 bits per heavy atom. The van der Waals surface area contributed by atoms with E-state index in [1.807, 2.05) is 30.3 Å². The number of nitrogens with one attached hydrogen (secondary N) is 1. The van der Waals surface area contributed by atoms with Gasteiger partial charge in [0.1, 0.15) is 0 Å². The van der Waals surface area contributed by atoms with Crippen LogP contribution in [-0.4, -0.2) is 26.3 Å². The molecule has 1 aliphatic heterocycles. The van der Waals surface area contributed by atoms with E-state index in [1.165, 1.54) is 0 Å². The second-order valence-corrected chi connectivity index (χ2v) is 7.08. The van der Waals surface area contributed by atoms with Crippen LogP contribution in [0.2, 0.25) is 0 Å². The molecule has 0 aromatic heterocycles. The van der Waals surface area contributed by atoms with Gasteiger partial charge in [0.2, 0.25) is 10.0 Å². The molecule has 2 atom stereocenters. The molecule has 1 aliphatic rings. The minimum Gasteiger partial charge on any atom is -0.372 e. The van der Waals surface area contributed by atoms with E-state index >= 15 is 0 Å². The van der Waals surface area contributed by atoms with Crippen LogP contribution in [0, 0.1) is 0 Å². The normalized spacial score (nSPS) is 24.6. The summed E-state index contributed by atoms with van der Waals surface area (Å²) < 4.78 is 32.2. The largest absolute Gasteiger partial charge is 0.372 e. The van der Waals surface area contributed by atoms with Gasteiger partial charge in [0.05, 0.1) is 17.4 Å². The molecule has 0 unspecified atom stereocenters. The van der Waals surface area contributed by atoms with E-state index in [2.05, 4.69) is 4.72 Å². The van der Waals surface area contributed by atoms with E-state index in [9.17, 15) is 8.42 Å². The smallest absolute Gasteiger partial charge is 0.214 e. The Kier molecular flexibility index (Phi) is 4.04. The van der Waals surface area contributed by atoms with Crippen molar-refractivity contribution in [2.45, 2.75) is 37.7 Å². The predicted octanol–water partition coefficient (Wildman–Crippen LogP) is 1.84. The van der Waals surface area contributed by atoms with Gasteiger partial charge in [-0.25, -0.2) is 13.1 Å². The maximum atomic E-state index is 11.9. The molecule has 100 valence electrons. The molecule has 1 aromatic carbocycles. The first-order chi connectivity index (χ1) is 8.50. The second-order valence-electron chi connectivity index (χ2n) is 4.81. The number of hydrogen-bond acceptors (Lipinski definition) is 3. The maximum Gasteiger partial charge on any atom is 0.214 e. The van der Waals surface area contributed by atoms with Gasteiger partial charge >= 0.3 is 0 Å². The summed E-state index contributed by atoms with van der Waals surface area (Å²) in [5.74, 6) is 0. The molecule has 18 heavy (non-hydrogen) atoms. The number of hydrogen-bond donors (Lipinski definition) is 1. The van der Waals surface area contributed by atoms with Gasteiger partial charge in [-0.2, -0.15) is 0 Å². The summed E-state index contributed by atoms with van der Waals surface area (Å²) in [6.07, 6.45) is 0.533. The molecule has 0 amide bonds. The Balaban J connectivity index is 2.14. The third-order valence-electron chi connectivity index (χ3n) is 3.16. The summed E-state index contributed by atoms with van der Waals surface area (Å²) in [4.78, 5) is 0. The van der Waals surface area contributed by atoms with E-state index in [1.54, 1.807) is 13.8 Å². The standard InChI is InChI=1S/C13H19NO3S/c1-10(2)18(15,16)14-12-8-9-17-13(12)11-6-4-3-5-7-11/h3-7,10,12-14H,8-9H2,1-2H3/t12-,13-/m0/s1. The van der Waals surface area contributed by atoms with E-state index in [-0.39, 0.29) is 12.1 Å². The number of sulfonamides is 1. The summed E-state index contributed by atoms with van der Waals surface area (Å²) in [5, 5.41) is -0.422. The van der Waals surface area contributed by atoms with Gasteiger partial charge in [-0.1, -0.05) is 30.3 Å². The van der Waals surface area contributed by atoms with Crippen molar-refractivity contribution in [3.63, 3.8) is 0 Å². The lowest BCUT2D eigenvalue weighted by atomic mass is 10.0. The predicted molar refractivity (Wildman–Crippen MR) is 70.7 cm³/mol. The maximum absolute atomic E-state index is 11.9. The highest BCUT2D eigenvalue weighted by Gasteiger charge is 2.33. The van der Waals surface area contributed by atoms with Crippen LogP contribution in [-0.2, 0) is 14.8 Å². The Morgan fingerprint density at radius 2 is 1.94 bits per heavy atom. The first-order valence-electron chi connectivity index (χ1n) is 6.18. The van der Waals surface area contributed by atoms with Crippen LogP contribution in [0.5, 0.6) is 0 Å². The Hall–Kier alpha value is -0.910. The molecule has 5 heteroatoms. The van der Waals surface area contributed by atoms with Crippen molar-refractivity contribution in [2.24, 2.45) is 0 Å². The fraction of sp³-hybridized carbons (Fsp3) is 0.538. The van der Waals surface area contributed by atoms with E-state index in [0.29, 0.717) is 13.0 Å². The van der Waals surface area contributed by atoms with Gasteiger partial charge in [0.25, 0.3) is 0 Å². The molecule has 0 bridgehead atoms. The third-order valence-corrected chi connectivity index (χ3v) is 5.03. The molecule has 1 saturated heterocycles. The Bertz CT molecular complexity index is 484. The van der Waals surface area contributed by atoms with Crippen LogP contribution >= 0.6 is 0 Å². The van der Waals surface area contributed by atoms with Gasteiger partial charge in [-0.15, -0.1) is 0 Å². The van der Waals surface area contributed by atoms with Crippen molar-refractivity contribution in [3.8, 4) is 0 Å².